The van der Waals surface area contributed by atoms with E-state index in [2.05, 4.69) is 25.9 Å². The number of ether oxygens (including phenoxy) is 1. The second-order valence-corrected chi connectivity index (χ2v) is 10.1. The van der Waals surface area contributed by atoms with E-state index >= 15 is 0 Å². The van der Waals surface area contributed by atoms with Crippen molar-refractivity contribution in [3.05, 3.63) is 76.8 Å². The molecule has 3 heterocycles. The number of carbonyl (C=O) groups excluding carboxylic acids is 2. The lowest BCUT2D eigenvalue weighted by Gasteiger charge is -2.21. The van der Waals surface area contributed by atoms with E-state index in [4.69, 9.17) is 25.4 Å². The standard InChI is InChI=1S/C28H25ClN6O5/c1-15(30-27(37)28(12-13-28)32-26(36)21-14-22(38-3)33-40-21)17-8-10-18(11-9-17)35-20-7-5-4-6-19(20)23(29)24(35)25-31-16(2)39-34-25/h4-11,14-15H,12-13H2,1-3H3,(H,30,37)(H,32,36)/t15-/m1/s1. The maximum absolute atomic E-state index is 13.1. The molecule has 0 aliphatic heterocycles. The zero-order valence-electron chi connectivity index (χ0n) is 21.9. The maximum Gasteiger partial charge on any atom is 0.290 e. The number of aryl methyl sites for hydroxylation is 1. The van der Waals surface area contributed by atoms with Crippen LogP contribution in [0.1, 0.15) is 47.8 Å². The Morgan fingerprint density at radius 3 is 2.50 bits per heavy atom. The average molecular weight is 561 g/mol. The Bertz CT molecular complexity index is 1730. The van der Waals surface area contributed by atoms with Gasteiger partial charge in [0.2, 0.25) is 23.4 Å². The lowest BCUT2D eigenvalue weighted by molar-refractivity contribution is -0.124. The lowest BCUT2D eigenvalue weighted by Crippen LogP contribution is -2.49. The number of nitrogens with zero attached hydrogens (tertiary/aromatic N) is 4. The van der Waals surface area contributed by atoms with Gasteiger partial charge in [-0.25, -0.2) is 0 Å². The zero-order valence-corrected chi connectivity index (χ0v) is 22.7. The van der Waals surface area contributed by atoms with E-state index in [1.54, 1.807) is 6.92 Å². The third kappa shape index (κ3) is 4.47. The van der Waals surface area contributed by atoms with Crippen LogP contribution in [0.25, 0.3) is 28.1 Å². The molecule has 1 saturated carbocycles. The van der Waals surface area contributed by atoms with E-state index in [9.17, 15) is 9.59 Å². The monoisotopic (exact) mass is 560 g/mol. The quantitative estimate of drug-likeness (QED) is 0.276. The molecule has 2 N–H and O–H groups in total. The number of hydrogen-bond acceptors (Lipinski definition) is 8. The highest BCUT2D eigenvalue weighted by Gasteiger charge is 2.52. The number of methoxy groups -OCH3 is 1. The van der Waals surface area contributed by atoms with E-state index in [-0.39, 0.29) is 23.6 Å². The molecule has 1 aliphatic rings. The number of carbonyl (C=O) groups is 2. The van der Waals surface area contributed by atoms with Crippen molar-refractivity contribution in [3.8, 4) is 23.1 Å². The summed E-state index contributed by atoms with van der Waals surface area (Å²) in [5, 5.41) is 14.9. The Morgan fingerprint density at radius 1 is 1.10 bits per heavy atom. The second-order valence-electron chi connectivity index (χ2n) is 9.71. The van der Waals surface area contributed by atoms with Gasteiger partial charge in [0.1, 0.15) is 11.2 Å². The first-order valence-corrected chi connectivity index (χ1v) is 13.0. The number of benzene rings is 2. The van der Waals surface area contributed by atoms with Crippen molar-refractivity contribution in [2.75, 3.05) is 7.11 Å². The lowest BCUT2D eigenvalue weighted by atomic mass is 10.1. The van der Waals surface area contributed by atoms with E-state index in [0.717, 1.165) is 22.2 Å². The van der Waals surface area contributed by atoms with Crippen molar-refractivity contribution in [2.45, 2.75) is 38.3 Å². The van der Waals surface area contributed by atoms with Gasteiger partial charge < -0.3 is 29.0 Å². The molecule has 0 spiro atoms. The van der Waals surface area contributed by atoms with Crippen LogP contribution in [-0.4, -0.2) is 44.3 Å². The van der Waals surface area contributed by atoms with Crippen molar-refractivity contribution >= 4 is 34.3 Å². The van der Waals surface area contributed by atoms with Crippen LogP contribution >= 0.6 is 11.6 Å². The first-order valence-electron chi connectivity index (χ1n) is 12.6. The molecule has 11 nitrogen and oxygen atoms in total. The largest absolute Gasteiger partial charge is 0.479 e. The van der Waals surface area contributed by atoms with Crippen molar-refractivity contribution in [2.24, 2.45) is 0 Å². The highest BCUT2D eigenvalue weighted by Crippen LogP contribution is 2.39. The van der Waals surface area contributed by atoms with Crippen LogP contribution in [0.4, 0.5) is 0 Å². The van der Waals surface area contributed by atoms with E-state index in [1.807, 2.05) is 60.0 Å². The summed E-state index contributed by atoms with van der Waals surface area (Å²) in [5.74, 6) is 0.211. The molecule has 2 amide bonds. The second kappa shape index (κ2) is 9.83. The average Bonchev–Trinajstić information content (AvgIpc) is 3.26. The molecule has 2 aromatic carbocycles. The Balaban J connectivity index is 1.22. The molecular formula is C28H25ClN6O5. The fourth-order valence-electron chi connectivity index (χ4n) is 4.67. The Kier molecular flexibility index (Phi) is 6.30. The topological polar surface area (TPSA) is 137 Å². The summed E-state index contributed by atoms with van der Waals surface area (Å²) in [7, 11) is 1.42. The van der Waals surface area contributed by atoms with Crippen molar-refractivity contribution in [1.82, 2.24) is 30.5 Å². The van der Waals surface area contributed by atoms with Crippen LogP contribution in [0.2, 0.25) is 5.02 Å². The molecule has 0 radical (unpaired) electrons. The number of hydrogen-bond donors (Lipinski definition) is 2. The van der Waals surface area contributed by atoms with Crippen LogP contribution in [-0.2, 0) is 4.79 Å². The van der Waals surface area contributed by atoms with Crippen molar-refractivity contribution in [1.29, 1.82) is 0 Å². The van der Waals surface area contributed by atoms with Crippen LogP contribution in [0.15, 0.2) is 63.6 Å². The summed E-state index contributed by atoms with van der Waals surface area (Å²) in [6.45, 7) is 3.62. The highest BCUT2D eigenvalue weighted by atomic mass is 35.5. The first-order chi connectivity index (χ1) is 19.3. The van der Waals surface area contributed by atoms with Gasteiger partial charge in [-0.1, -0.05) is 47.1 Å². The fraction of sp³-hybridized carbons (Fsp3) is 0.250. The molecule has 0 bridgehead atoms. The number of para-hydroxylation sites is 1. The summed E-state index contributed by atoms with van der Waals surface area (Å²) >= 11 is 6.79. The number of nitrogens with one attached hydrogen (secondary N) is 2. The number of aromatic nitrogens is 4. The molecular weight excluding hydrogens is 536 g/mol. The third-order valence-corrected chi connectivity index (χ3v) is 7.39. The summed E-state index contributed by atoms with van der Waals surface area (Å²) in [5.41, 5.74) is 2.28. The molecule has 1 atom stereocenters. The number of rotatable bonds is 8. The van der Waals surface area contributed by atoms with Crippen LogP contribution < -0.4 is 15.4 Å². The van der Waals surface area contributed by atoms with Gasteiger partial charge in [0.15, 0.2) is 0 Å². The zero-order chi connectivity index (χ0) is 28.0. The van der Waals surface area contributed by atoms with Crippen LogP contribution in [0.3, 0.4) is 0 Å². The Morgan fingerprint density at radius 2 is 1.85 bits per heavy atom. The van der Waals surface area contributed by atoms with Gasteiger partial charge in [-0.05, 0) is 48.7 Å². The van der Waals surface area contributed by atoms with Gasteiger partial charge in [0.05, 0.1) is 29.8 Å². The summed E-state index contributed by atoms with van der Waals surface area (Å²) in [6, 6.07) is 16.6. The highest BCUT2D eigenvalue weighted by molar-refractivity contribution is 6.38. The molecule has 40 heavy (non-hydrogen) atoms. The minimum absolute atomic E-state index is 0.0208. The Hall–Kier alpha value is -4.64. The molecule has 0 unspecified atom stereocenters. The minimum Gasteiger partial charge on any atom is -0.479 e. The predicted octanol–water partition coefficient (Wildman–Crippen LogP) is 4.78. The van der Waals surface area contributed by atoms with E-state index in [0.29, 0.717) is 35.3 Å². The van der Waals surface area contributed by atoms with Gasteiger partial charge in [0.25, 0.3) is 11.8 Å². The van der Waals surface area contributed by atoms with Gasteiger partial charge in [-0.3, -0.25) is 9.59 Å². The third-order valence-electron chi connectivity index (χ3n) is 7.01. The predicted molar refractivity (Wildman–Crippen MR) is 145 cm³/mol. The smallest absolute Gasteiger partial charge is 0.290 e. The summed E-state index contributed by atoms with van der Waals surface area (Å²) in [6.07, 6.45) is 1.06. The normalized spacial score (nSPS) is 14.6. The molecule has 6 rings (SSSR count). The summed E-state index contributed by atoms with van der Waals surface area (Å²) < 4.78 is 17.1. The molecule has 1 fully saturated rings. The summed E-state index contributed by atoms with van der Waals surface area (Å²) in [4.78, 5) is 30.1. The molecule has 204 valence electrons. The molecule has 5 aromatic rings. The molecule has 0 saturated heterocycles. The number of halogens is 1. The van der Waals surface area contributed by atoms with Crippen LogP contribution in [0, 0.1) is 6.92 Å². The van der Waals surface area contributed by atoms with Crippen molar-refractivity contribution in [3.63, 3.8) is 0 Å². The molecule has 12 heteroatoms. The number of fused-ring (bicyclic) bond motifs is 1. The van der Waals surface area contributed by atoms with E-state index in [1.165, 1.54) is 13.2 Å². The van der Waals surface area contributed by atoms with Crippen molar-refractivity contribution < 1.29 is 23.4 Å². The van der Waals surface area contributed by atoms with Gasteiger partial charge >= 0.3 is 0 Å². The van der Waals surface area contributed by atoms with Gasteiger partial charge in [0, 0.05) is 18.0 Å². The maximum atomic E-state index is 13.1. The van der Waals surface area contributed by atoms with E-state index < -0.39 is 11.4 Å². The molecule has 1 aliphatic carbocycles. The fourth-order valence-corrected chi connectivity index (χ4v) is 5.00. The molecule has 3 aromatic heterocycles. The van der Waals surface area contributed by atoms with Crippen LogP contribution in [0.5, 0.6) is 5.88 Å². The SMILES string of the molecule is COc1cc(C(=O)NC2(C(=O)N[C@H](C)c3ccc(-n4c(-c5noc(C)n5)c(Cl)c5ccccc54)cc3)CC2)on1. The Labute approximate surface area is 233 Å². The number of amides is 2. The van der Waals surface area contributed by atoms with Gasteiger partial charge in [-0.15, -0.1) is 0 Å². The minimum atomic E-state index is -0.982. The first kappa shape index (κ1) is 25.6. The van der Waals surface area contributed by atoms with Gasteiger partial charge in [-0.2, -0.15) is 4.98 Å².